The molecule has 1 atom stereocenters. The molecule has 0 aliphatic carbocycles. The van der Waals surface area contributed by atoms with Crippen LogP contribution in [0.3, 0.4) is 0 Å². The second kappa shape index (κ2) is 9.34. The number of nitrogens with zero attached hydrogens (tertiary/aromatic N) is 2. The van der Waals surface area contributed by atoms with E-state index in [0.717, 1.165) is 21.6 Å². The van der Waals surface area contributed by atoms with Crippen molar-refractivity contribution in [2.45, 2.75) is 24.3 Å². The molecule has 3 aromatic carbocycles. The maximum atomic E-state index is 11.9. The fraction of sp³-hybridized carbons (Fsp3) is 0.160. The molecule has 0 radical (unpaired) electrons. The Hall–Kier alpha value is -1.99. The fourth-order valence-corrected chi connectivity index (χ4v) is 5.12. The van der Waals surface area contributed by atoms with Crippen LogP contribution in [0.2, 0.25) is 15.2 Å². The summed E-state index contributed by atoms with van der Waals surface area (Å²) in [6, 6.07) is 20.6. The van der Waals surface area contributed by atoms with Crippen molar-refractivity contribution in [2.75, 3.05) is 6.26 Å². The minimum Gasteiger partial charge on any atom is -0.612 e. The Balaban J connectivity index is 1.87. The summed E-state index contributed by atoms with van der Waals surface area (Å²) in [5.41, 5.74) is 2.22. The zero-order valence-electron chi connectivity index (χ0n) is 18.1. The molecule has 0 bridgehead atoms. The van der Waals surface area contributed by atoms with Crippen molar-refractivity contribution in [3.8, 4) is 28.2 Å². The molecule has 8 heteroatoms. The molecule has 0 amide bonds. The van der Waals surface area contributed by atoms with Gasteiger partial charge < -0.3 is 9.66 Å². The monoisotopic (exact) mass is 518 g/mol. The zero-order chi connectivity index (χ0) is 23.9. The van der Waals surface area contributed by atoms with Gasteiger partial charge in [0, 0.05) is 11.6 Å². The van der Waals surface area contributed by atoms with Gasteiger partial charge in [-0.1, -0.05) is 77.3 Å². The summed E-state index contributed by atoms with van der Waals surface area (Å²) in [4.78, 5) is 5.44. The molecular formula is C25H21Cl3N2O2S. The van der Waals surface area contributed by atoms with Gasteiger partial charge in [0.15, 0.2) is 4.90 Å². The van der Waals surface area contributed by atoms with Crippen LogP contribution in [-0.2, 0) is 16.8 Å². The lowest BCUT2D eigenvalue weighted by atomic mass is 10.0. The topological polar surface area (TPSA) is 61.1 Å². The van der Waals surface area contributed by atoms with Crippen molar-refractivity contribution >= 4 is 46.0 Å². The Bertz CT molecular complexity index is 1290. The minimum absolute atomic E-state index is 0.231. The lowest BCUT2D eigenvalue weighted by molar-refractivity contribution is 0.0744. The molecule has 1 heterocycles. The van der Waals surface area contributed by atoms with Crippen LogP contribution in [0.25, 0.3) is 28.2 Å². The molecule has 4 nitrogen and oxygen atoms in total. The quantitative estimate of drug-likeness (QED) is 0.285. The van der Waals surface area contributed by atoms with Crippen molar-refractivity contribution in [3.05, 3.63) is 87.6 Å². The molecule has 0 saturated carbocycles. The third-order valence-electron chi connectivity index (χ3n) is 5.20. The van der Waals surface area contributed by atoms with Crippen molar-refractivity contribution < 1.29 is 9.66 Å². The molecule has 0 saturated heterocycles. The van der Waals surface area contributed by atoms with Gasteiger partial charge in [-0.25, -0.2) is 4.98 Å². The van der Waals surface area contributed by atoms with Gasteiger partial charge in [0.05, 0.1) is 15.7 Å². The summed E-state index contributed by atoms with van der Waals surface area (Å²) >= 11 is 18.6. The molecule has 4 rings (SSSR count). The molecule has 0 fully saturated rings. The summed E-state index contributed by atoms with van der Waals surface area (Å²) in [6.45, 7) is 3.24. The Morgan fingerprint density at radius 2 is 1.45 bits per heavy atom. The lowest BCUT2D eigenvalue weighted by Crippen LogP contribution is -2.16. The normalized spacial score (nSPS) is 12.7. The van der Waals surface area contributed by atoms with Crippen molar-refractivity contribution in [3.63, 3.8) is 0 Å². The molecule has 0 aliphatic rings. The first-order chi connectivity index (χ1) is 15.6. The van der Waals surface area contributed by atoms with Crippen molar-refractivity contribution in [1.29, 1.82) is 0 Å². The highest BCUT2D eigenvalue weighted by Crippen LogP contribution is 2.39. The summed E-state index contributed by atoms with van der Waals surface area (Å²) in [6.07, 6.45) is 1.66. The molecular weight excluding hydrogens is 499 g/mol. The zero-order valence-corrected chi connectivity index (χ0v) is 21.2. The van der Waals surface area contributed by atoms with E-state index in [2.05, 4.69) is 4.98 Å². The second-order valence-electron chi connectivity index (χ2n) is 8.10. The van der Waals surface area contributed by atoms with Gasteiger partial charge in [-0.3, -0.25) is 4.57 Å². The number of aliphatic hydroxyl groups is 1. The molecule has 0 aliphatic heterocycles. The summed E-state index contributed by atoms with van der Waals surface area (Å²) in [5, 5.41) is 11.7. The summed E-state index contributed by atoms with van der Waals surface area (Å²) in [5.74, 6) is 0.502. The Morgan fingerprint density at radius 1 is 0.879 bits per heavy atom. The Labute approximate surface area is 210 Å². The molecule has 0 spiro atoms. The lowest BCUT2D eigenvalue weighted by Gasteiger charge is -2.16. The van der Waals surface area contributed by atoms with Crippen LogP contribution in [0.5, 0.6) is 0 Å². The van der Waals surface area contributed by atoms with E-state index in [1.165, 1.54) is 0 Å². The van der Waals surface area contributed by atoms with E-state index in [1.807, 2.05) is 48.5 Å². The largest absolute Gasteiger partial charge is 0.612 e. The minimum atomic E-state index is -1.28. The standard InChI is InChI=1S/C25H21Cl3N2O2S/c1-25(2,31)22-23(28)30(21-19(26)8-5-9-20(21)27)24(29-22)16-12-10-15(11-13-16)17-6-4-7-18(14-17)33(3)32/h4-14,31H,1-3H3. The number of rotatable bonds is 5. The number of benzene rings is 3. The van der Waals surface area contributed by atoms with E-state index in [1.54, 1.807) is 42.9 Å². The van der Waals surface area contributed by atoms with Gasteiger partial charge in [-0.15, -0.1) is 0 Å². The third-order valence-corrected chi connectivity index (χ3v) is 7.08. The van der Waals surface area contributed by atoms with Gasteiger partial charge in [-0.05, 0) is 54.3 Å². The Kier molecular flexibility index (Phi) is 6.83. The predicted octanol–water partition coefficient (Wildman–Crippen LogP) is 7.13. The maximum Gasteiger partial charge on any atom is 0.153 e. The highest BCUT2D eigenvalue weighted by atomic mass is 35.5. The van der Waals surface area contributed by atoms with Crippen LogP contribution in [0.15, 0.2) is 71.6 Å². The molecule has 170 valence electrons. The molecule has 1 N–H and O–H groups in total. The van der Waals surface area contributed by atoms with E-state index >= 15 is 0 Å². The van der Waals surface area contributed by atoms with Crippen LogP contribution in [-0.4, -0.2) is 25.5 Å². The van der Waals surface area contributed by atoms with Crippen LogP contribution < -0.4 is 0 Å². The van der Waals surface area contributed by atoms with Gasteiger partial charge >= 0.3 is 0 Å². The first-order valence-corrected chi connectivity index (χ1v) is 12.8. The highest BCUT2D eigenvalue weighted by molar-refractivity contribution is 7.90. The number of imidazole rings is 1. The van der Waals surface area contributed by atoms with E-state index in [4.69, 9.17) is 34.8 Å². The number of hydrogen-bond acceptors (Lipinski definition) is 3. The number of para-hydroxylation sites is 1. The number of hydrogen-bond donors (Lipinski definition) is 1. The third kappa shape index (κ3) is 4.80. The van der Waals surface area contributed by atoms with Crippen LogP contribution in [0.1, 0.15) is 19.5 Å². The molecule has 33 heavy (non-hydrogen) atoms. The summed E-state index contributed by atoms with van der Waals surface area (Å²) in [7, 11) is 0. The van der Waals surface area contributed by atoms with Gasteiger partial charge in [-0.2, -0.15) is 0 Å². The van der Waals surface area contributed by atoms with Gasteiger partial charge in [0.25, 0.3) is 0 Å². The van der Waals surface area contributed by atoms with E-state index in [9.17, 15) is 9.66 Å². The van der Waals surface area contributed by atoms with Crippen LogP contribution >= 0.6 is 34.8 Å². The van der Waals surface area contributed by atoms with E-state index in [0.29, 0.717) is 27.3 Å². The average molecular weight is 520 g/mol. The first-order valence-electron chi connectivity index (χ1n) is 10.1. The second-order valence-corrected chi connectivity index (χ2v) is 10.7. The van der Waals surface area contributed by atoms with Crippen molar-refractivity contribution in [2.24, 2.45) is 0 Å². The van der Waals surface area contributed by atoms with Gasteiger partial charge in [0.2, 0.25) is 0 Å². The van der Waals surface area contributed by atoms with E-state index in [-0.39, 0.29) is 5.15 Å². The summed E-state index contributed by atoms with van der Waals surface area (Å²) < 4.78 is 13.5. The molecule has 4 aromatic rings. The first kappa shape index (κ1) is 24.1. The number of aromatic nitrogens is 2. The predicted molar refractivity (Wildman–Crippen MR) is 137 cm³/mol. The van der Waals surface area contributed by atoms with Crippen molar-refractivity contribution in [1.82, 2.24) is 9.55 Å². The van der Waals surface area contributed by atoms with Crippen LogP contribution in [0, 0.1) is 0 Å². The maximum absolute atomic E-state index is 11.9. The van der Waals surface area contributed by atoms with Crippen LogP contribution in [0.4, 0.5) is 0 Å². The molecule has 1 unspecified atom stereocenters. The SMILES string of the molecule is C[S+]([O-])c1cccc(-c2ccc(-c3nc(C(C)(C)O)c(Cl)n3-c3c(Cl)cccc3Cl)cc2)c1. The highest BCUT2D eigenvalue weighted by Gasteiger charge is 2.29. The molecule has 1 aromatic heterocycles. The number of halogens is 3. The average Bonchev–Trinajstić information content (AvgIpc) is 3.11. The smallest absolute Gasteiger partial charge is 0.153 e. The Morgan fingerprint density at radius 3 is 2.03 bits per heavy atom. The van der Waals surface area contributed by atoms with Gasteiger partial charge in [0.1, 0.15) is 28.5 Å². The fourth-order valence-electron chi connectivity index (χ4n) is 3.56. The van der Waals surface area contributed by atoms with E-state index < -0.39 is 16.8 Å².